The van der Waals surface area contributed by atoms with E-state index in [0.29, 0.717) is 21.6 Å². The third-order valence-corrected chi connectivity index (χ3v) is 5.58. The third-order valence-electron chi connectivity index (χ3n) is 4.38. The number of anilines is 1. The lowest BCUT2D eigenvalue weighted by Crippen LogP contribution is -2.18. The lowest BCUT2D eigenvalue weighted by atomic mass is 9.95. The minimum absolute atomic E-state index is 0.284. The average Bonchev–Trinajstić information content (AvgIpc) is 2.99. The van der Waals surface area contributed by atoms with Gasteiger partial charge in [0.2, 0.25) is 0 Å². The summed E-state index contributed by atoms with van der Waals surface area (Å²) >= 11 is 1.46. The number of nitrogens with zero attached hydrogens (tertiary/aromatic N) is 2. The smallest absolute Gasteiger partial charge is 0.256 e. The summed E-state index contributed by atoms with van der Waals surface area (Å²) in [6.07, 6.45) is 7.11. The maximum absolute atomic E-state index is 12.6. The zero-order valence-corrected chi connectivity index (χ0v) is 14.2. The fourth-order valence-corrected chi connectivity index (χ4v) is 4.48. The quantitative estimate of drug-likeness (QED) is 0.757. The molecule has 6 nitrogen and oxygen atoms in total. The molecule has 2 aromatic heterocycles. The van der Waals surface area contributed by atoms with E-state index < -0.39 is 5.91 Å². The summed E-state index contributed by atoms with van der Waals surface area (Å²) in [5, 5.41) is 3.41. The largest absolute Gasteiger partial charge is 0.365 e. The van der Waals surface area contributed by atoms with Gasteiger partial charge in [-0.1, -0.05) is 0 Å². The summed E-state index contributed by atoms with van der Waals surface area (Å²) < 4.78 is 0. The van der Waals surface area contributed by atoms with Gasteiger partial charge in [-0.3, -0.25) is 19.6 Å². The van der Waals surface area contributed by atoms with E-state index in [1.165, 1.54) is 11.3 Å². The van der Waals surface area contributed by atoms with Crippen molar-refractivity contribution in [3.8, 4) is 0 Å². The lowest BCUT2D eigenvalue weighted by molar-refractivity contribution is 0.100. The van der Waals surface area contributed by atoms with E-state index in [0.717, 1.165) is 41.6 Å². The Hall–Kier alpha value is -2.80. The Balaban J connectivity index is 1.68. The number of aryl methyl sites for hydroxylation is 1. The summed E-state index contributed by atoms with van der Waals surface area (Å²) in [5.41, 5.74) is 8.88. The van der Waals surface area contributed by atoms with Crippen LogP contribution in [-0.4, -0.2) is 21.8 Å². The molecule has 1 aromatic carbocycles. The molecule has 0 radical (unpaired) electrons. The topological polar surface area (TPSA) is 98.0 Å². The van der Waals surface area contributed by atoms with Crippen molar-refractivity contribution in [3.05, 3.63) is 52.2 Å². The molecule has 0 unspecified atom stereocenters. The van der Waals surface area contributed by atoms with Gasteiger partial charge in [-0.05, 0) is 49.4 Å². The molecule has 0 saturated carbocycles. The zero-order valence-electron chi connectivity index (χ0n) is 13.4. The molecule has 0 aliphatic heterocycles. The molecule has 1 aliphatic carbocycles. The van der Waals surface area contributed by atoms with E-state index in [1.54, 1.807) is 30.6 Å². The molecule has 0 fully saturated rings. The first kappa shape index (κ1) is 15.7. The lowest BCUT2D eigenvalue weighted by Gasteiger charge is -2.11. The van der Waals surface area contributed by atoms with Crippen molar-refractivity contribution in [2.45, 2.75) is 25.7 Å². The Morgan fingerprint density at radius 1 is 1.08 bits per heavy atom. The molecule has 7 heteroatoms. The van der Waals surface area contributed by atoms with Gasteiger partial charge in [0.25, 0.3) is 11.8 Å². The number of nitrogens with two attached hydrogens (primary N) is 1. The predicted octanol–water partition coefficient (Wildman–Crippen LogP) is 2.92. The van der Waals surface area contributed by atoms with Crippen LogP contribution >= 0.6 is 11.3 Å². The van der Waals surface area contributed by atoms with Crippen LogP contribution < -0.4 is 11.1 Å². The van der Waals surface area contributed by atoms with Crippen LogP contribution in [0.2, 0.25) is 0 Å². The van der Waals surface area contributed by atoms with Gasteiger partial charge in [0, 0.05) is 22.8 Å². The Morgan fingerprint density at radius 2 is 1.84 bits per heavy atom. The molecule has 1 aliphatic rings. The normalized spacial score (nSPS) is 13.4. The van der Waals surface area contributed by atoms with E-state index in [2.05, 4.69) is 15.3 Å². The van der Waals surface area contributed by atoms with Gasteiger partial charge in [0.15, 0.2) is 0 Å². The van der Waals surface area contributed by atoms with Crippen LogP contribution in [0.1, 0.15) is 44.0 Å². The summed E-state index contributed by atoms with van der Waals surface area (Å²) in [6, 6.07) is 5.14. The van der Waals surface area contributed by atoms with E-state index in [9.17, 15) is 9.59 Å². The number of fused-ring (bicyclic) bond motifs is 2. The van der Waals surface area contributed by atoms with E-state index >= 15 is 0 Å². The second-order valence-corrected chi connectivity index (χ2v) is 7.10. The van der Waals surface area contributed by atoms with Crippen LogP contribution in [0.3, 0.4) is 0 Å². The summed E-state index contributed by atoms with van der Waals surface area (Å²) in [4.78, 5) is 34.1. The SMILES string of the molecule is NC(=O)c1c(NC(=O)c2ccc3nccnc3c2)sc2c1CCCC2. The van der Waals surface area contributed by atoms with Gasteiger partial charge in [-0.15, -0.1) is 11.3 Å². The fourth-order valence-electron chi connectivity index (χ4n) is 3.19. The number of thiophene rings is 1. The number of amides is 2. The van der Waals surface area contributed by atoms with Crippen LogP contribution in [0.5, 0.6) is 0 Å². The van der Waals surface area contributed by atoms with Gasteiger partial charge in [-0.25, -0.2) is 0 Å². The van der Waals surface area contributed by atoms with Gasteiger partial charge in [-0.2, -0.15) is 0 Å². The number of nitrogens with one attached hydrogen (secondary N) is 1. The van der Waals surface area contributed by atoms with Crippen LogP contribution in [0, 0.1) is 0 Å². The minimum atomic E-state index is -0.487. The Bertz CT molecular complexity index is 996. The Kier molecular flexibility index (Phi) is 3.93. The number of rotatable bonds is 3. The highest BCUT2D eigenvalue weighted by molar-refractivity contribution is 7.17. The van der Waals surface area contributed by atoms with Crippen LogP contribution in [0.15, 0.2) is 30.6 Å². The fraction of sp³-hybridized carbons (Fsp3) is 0.222. The van der Waals surface area contributed by atoms with Gasteiger partial charge in [0.05, 0.1) is 16.6 Å². The first-order valence-electron chi connectivity index (χ1n) is 8.10. The summed E-state index contributed by atoms with van der Waals surface area (Å²) in [7, 11) is 0. The number of hydrogen-bond donors (Lipinski definition) is 2. The molecular weight excluding hydrogens is 336 g/mol. The van der Waals surface area contributed by atoms with Crippen molar-refractivity contribution in [2.75, 3.05) is 5.32 Å². The number of carbonyl (C=O) groups excluding carboxylic acids is 2. The van der Waals surface area contributed by atoms with Gasteiger partial charge < -0.3 is 11.1 Å². The van der Waals surface area contributed by atoms with Crippen LogP contribution in [0.4, 0.5) is 5.00 Å². The molecule has 0 atom stereocenters. The molecule has 3 N–H and O–H groups in total. The zero-order chi connectivity index (χ0) is 17.4. The molecule has 4 rings (SSSR count). The van der Waals surface area contributed by atoms with Crippen molar-refractivity contribution >= 4 is 39.2 Å². The Morgan fingerprint density at radius 3 is 2.64 bits per heavy atom. The van der Waals surface area contributed by atoms with Gasteiger partial charge >= 0.3 is 0 Å². The molecule has 2 amide bonds. The number of primary amides is 1. The van der Waals surface area contributed by atoms with Crippen molar-refractivity contribution in [2.24, 2.45) is 5.73 Å². The standard InChI is InChI=1S/C18H16N4O2S/c19-16(23)15-11-3-1-2-4-14(11)25-18(15)22-17(24)10-5-6-12-13(9-10)21-8-7-20-12/h5-9H,1-4H2,(H2,19,23)(H,22,24). The molecule has 25 heavy (non-hydrogen) atoms. The minimum Gasteiger partial charge on any atom is -0.365 e. The average molecular weight is 352 g/mol. The van der Waals surface area contributed by atoms with Crippen molar-refractivity contribution in [3.63, 3.8) is 0 Å². The van der Waals surface area contributed by atoms with Crippen molar-refractivity contribution < 1.29 is 9.59 Å². The molecule has 0 bridgehead atoms. The number of aromatic nitrogens is 2. The second-order valence-electron chi connectivity index (χ2n) is 5.99. The molecular formula is C18H16N4O2S. The number of benzene rings is 1. The molecule has 3 aromatic rings. The maximum Gasteiger partial charge on any atom is 0.256 e. The van der Waals surface area contributed by atoms with E-state index in [1.807, 2.05) is 0 Å². The predicted molar refractivity (Wildman–Crippen MR) is 97.0 cm³/mol. The van der Waals surface area contributed by atoms with Gasteiger partial charge in [0.1, 0.15) is 5.00 Å². The summed E-state index contributed by atoms with van der Waals surface area (Å²) in [6.45, 7) is 0. The highest BCUT2D eigenvalue weighted by Gasteiger charge is 2.25. The summed E-state index contributed by atoms with van der Waals surface area (Å²) in [5.74, 6) is -0.771. The maximum atomic E-state index is 12.6. The highest BCUT2D eigenvalue weighted by Crippen LogP contribution is 2.38. The second kappa shape index (κ2) is 6.25. The van der Waals surface area contributed by atoms with Crippen LogP contribution in [-0.2, 0) is 12.8 Å². The van der Waals surface area contributed by atoms with Crippen molar-refractivity contribution in [1.29, 1.82) is 0 Å². The number of hydrogen-bond acceptors (Lipinski definition) is 5. The van der Waals surface area contributed by atoms with E-state index in [-0.39, 0.29) is 5.91 Å². The first-order chi connectivity index (χ1) is 12.1. The van der Waals surface area contributed by atoms with E-state index in [4.69, 9.17) is 5.73 Å². The molecule has 126 valence electrons. The monoisotopic (exact) mass is 352 g/mol. The molecule has 0 saturated heterocycles. The molecule has 2 heterocycles. The van der Waals surface area contributed by atoms with Crippen molar-refractivity contribution in [1.82, 2.24) is 9.97 Å². The third kappa shape index (κ3) is 2.87. The van der Waals surface area contributed by atoms with Crippen LogP contribution in [0.25, 0.3) is 11.0 Å². The molecule has 0 spiro atoms. The first-order valence-corrected chi connectivity index (χ1v) is 8.91. The highest BCUT2D eigenvalue weighted by atomic mass is 32.1. The Labute approximate surface area is 148 Å². The number of carbonyl (C=O) groups is 2.